The highest BCUT2D eigenvalue weighted by molar-refractivity contribution is 5.96. The van der Waals surface area contributed by atoms with E-state index in [-0.39, 0.29) is 35.7 Å². The first-order chi connectivity index (χ1) is 17.6. The SMILES string of the molecule is O=C(NCCCN1CCCC1=O)c1cnc(N2CCc3ccccc32)nc1OCc1ccc(F)cc1. The monoisotopic (exact) mass is 489 g/mol. The molecule has 36 heavy (non-hydrogen) atoms. The summed E-state index contributed by atoms with van der Waals surface area (Å²) in [6.45, 7) is 2.68. The maximum absolute atomic E-state index is 13.3. The number of nitrogens with zero attached hydrogens (tertiary/aromatic N) is 4. The number of amides is 2. The third-order valence-corrected chi connectivity index (χ3v) is 6.46. The maximum atomic E-state index is 13.3. The number of para-hydroxylation sites is 1. The van der Waals surface area contributed by atoms with Crippen LogP contribution in [0.25, 0.3) is 0 Å². The number of fused-ring (bicyclic) bond motifs is 1. The molecule has 5 rings (SSSR count). The normalized spacial score (nSPS) is 14.8. The van der Waals surface area contributed by atoms with E-state index in [4.69, 9.17) is 4.74 Å². The molecular formula is C27H28FN5O3. The summed E-state index contributed by atoms with van der Waals surface area (Å²) in [5.41, 5.74) is 3.24. The number of nitrogens with one attached hydrogen (secondary N) is 1. The Morgan fingerprint density at radius 2 is 1.92 bits per heavy atom. The quantitative estimate of drug-likeness (QED) is 0.462. The standard InChI is InChI=1S/C27H28FN5O3/c28-21-10-8-19(9-11-21)18-36-26-22(25(35)29-13-4-15-32-14-3-7-24(32)34)17-30-27(31-26)33-16-12-20-5-1-2-6-23(20)33/h1-2,5-6,8-11,17H,3-4,7,12-16,18H2,(H,29,35). The van der Waals surface area contributed by atoms with E-state index in [1.54, 1.807) is 12.1 Å². The van der Waals surface area contributed by atoms with Gasteiger partial charge in [0.15, 0.2) is 0 Å². The summed E-state index contributed by atoms with van der Waals surface area (Å²) in [7, 11) is 0. The first-order valence-electron chi connectivity index (χ1n) is 12.2. The number of aromatic nitrogens is 2. The Morgan fingerprint density at radius 1 is 1.08 bits per heavy atom. The Hall–Kier alpha value is -4.01. The largest absolute Gasteiger partial charge is 0.472 e. The molecule has 3 heterocycles. The number of anilines is 2. The van der Waals surface area contributed by atoms with Crippen LogP contribution in [0.1, 0.15) is 40.7 Å². The maximum Gasteiger partial charge on any atom is 0.258 e. The van der Waals surface area contributed by atoms with Gasteiger partial charge in [0.1, 0.15) is 18.0 Å². The van der Waals surface area contributed by atoms with Crippen LogP contribution in [-0.2, 0) is 17.8 Å². The molecule has 2 aromatic carbocycles. The van der Waals surface area contributed by atoms with E-state index >= 15 is 0 Å². The van der Waals surface area contributed by atoms with Gasteiger partial charge in [0.05, 0.1) is 0 Å². The molecule has 0 radical (unpaired) electrons. The predicted octanol–water partition coefficient (Wildman–Crippen LogP) is 3.63. The van der Waals surface area contributed by atoms with Crippen LogP contribution < -0.4 is 15.0 Å². The lowest BCUT2D eigenvalue weighted by Crippen LogP contribution is -2.31. The van der Waals surface area contributed by atoms with Crippen molar-refractivity contribution >= 4 is 23.5 Å². The predicted molar refractivity (Wildman–Crippen MR) is 133 cm³/mol. The molecule has 1 aromatic heterocycles. The molecule has 8 nitrogen and oxygen atoms in total. The fraction of sp³-hybridized carbons (Fsp3) is 0.333. The minimum Gasteiger partial charge on any atom is -0.472 e. The van der Waals surface area contributed by atoms with E-state index in [0.717, 1.165) is 37.2 Å². The second-order valence-corrected chi connectivity index (χ2v) is 8.93. The Morgan fingerprint density at radius 3 is 2.72 bits per heavy atom. The van der Waals surface area contributed by atoms with Crippen LogP contribution in [0.2, 0.25) is 0 Å². The molecule has 2 aliphatic rings. The Labute approximate surface area is 209 Å². The van der Waals surface area contributed by atoms with Gasteiger partial charge in [-0.2, -0.15) is 4.98 Å². The summed E-state index contributed by atoms with van der Waals surface area (Å²) in [6.07, 6.45) is 4.53. The number of carbonyl (C=O) groups is 2. The number of rotatable bonds is 9. The van der Waals surface area contributed by atoms with Gasteiger partial charge in [-0.15, -0.1) is 0 Å². The topological polar surface area (TPSA) is 87.7 Å². The molecule has 1 fully saturated rings. The van der Waals surface area contributed by atoms with Crippen LogP contribution in [0.4, 0.5) is 16.0 Å². The fourth-order valence-corrected chi connectivity index (χ4v) is 4.54. The van der Waals surface area contributed by atoms with E-state index < -0.39 is 0 Å². The molecule has 0 atom stereocenters. The zero-order valence-electron chi connectivity index (χ0n) is 20.0. The van der Waals surface area contributed by atoms with E-state index in [2.05, 4.69) is 21.4 Å². The number of carbonyl (C=O) groups excluding carboxylic acids is 2. The van der Waals surface area contributed by atoms with Gasteiger partial charge in [0.25, 0.3) is 5.91 Å². The Kier molecular flexibility index (Phi) is 7.06. The van der Waals surface area contributed by atoms with Crippen molar-refractivity contribution in [1.29, 1.82) is 0 Å². The zero-order valence-corrected chi connectivity index (χ0v) is 20.0. The molecule has 0 aliphatic carbocycles. The van der Waals surface area contributed by atoms with Gasteiger partial charge in [0.2, 0.25) is 17.7 Å². The fourth-order valence-electron chi connectivity index (χ4n) is 4.54. The first kappa shape index (κ1) is 23.7. The van der Waals surface area contributed by atoms with Crippen LogP contribution in [0.3, 0.4) is 0 Å². The van der Waals surface area contributed by atoms with Crippen molar-refractivity contribution in [2.45, 2.75) is 32.3 Å². The van der Waals surface area contributed by atoms with Crippen molar-refractivity contribution in [3.63, 3.8) is 0 Å². The highest BCUT2D eigenvalue weighted by Gasteiger charge is 2.25. The molecule has 1 saturated heterocycles. The van der Waals surface area contributed by atoms with Crippen LogP contribution in [-0.4, -0.2) is 52.9 Å². The Bertz CT molecular complexity index is 1250. The number of ether oxygens (including phenoxy) is 1. The highest BCUT2D eigenvalue weighted by Crippen LogP contribution is 2.33. The molecule has 0 saturated carbocycles. The van der Waals surface area contributed by atoms with Gasteiger partial charge in [-0.1, -0.05) is 30.3 Å². The molecule has 2 amide bonds. The van der Waals surface area contributed by atoms with E-state index in [1.165, 1.54) is 23.9 Å². The second kappa shape index (κ2) is 10.7. The van der Waals surface area contributed by atoms with Crippen LogP contribution in [0, 0.1) is 5.82 Å². The molecule has 3 aromatic rings. The van der Waals surface area contributed by atoms with Crippen molar-refractivity contribution < 1.29 is 18.7 Å². The number of hydrogen-bond acceptors (Lipinski definition) is 6. The van der Waals surface area contributed by atoms with Crippen LogP contribution in [0.15, 0.2) is 54.7 Å². The summed E-state index contributed by atoms with van der Waals surface area (Å²) in [5.74, 6) is 0.126. The average molecular weight is 490 g/mol. The van der Waals surface area contributed by atoms with Gasteiger partial charge in [-0.3, -0.25) is 9.59 Å². The van der Waals surface area contributed by atoms with E-state index in [9.17, 15) is 14.0 Å². The lowest BCUT2D eigenvalue weighted by atomic mass is 10.2. The van der Waals surface area contributed by atoms with E-state index in [0.29, 0.717) is 31.9 Å². The third kappa shape index (κ3) is 5.30. The summed E-state index contributed by atoms with van der Waals surface area (Å²) in [5, 5.41) is 2.89. The third-order valence-electron chi connectivity index (χ3n) is 6.46. The smallest absolute Gasteiger partial charge is 0.258 e. The lowest BCUT2D eigenvalue weighted by molar-refractivity contribution is -0.127. The summed E-state index contributed by atoms with van der Waals surface area (Å²) < 4.78 is 19.3. The molecule has 0 bridgehead atoms. The Balaban J connectivity index is 1.31. The molecule has 0 spiro atoms. The van der Waals surface area contributed by atoms with Crippen molar-refractivity contribution in [3.05, 3.63) is 77.2 Å². The minimum absolute atomic E-state index is 0.130. The number of hydrogen-bond donors (Lipinski definition) is 1. The first-order valence-corrected chi connectivity index (χ1v) is 12.2. The summed E-state index contributed by atoms with van der Waals surface area (Å²) in [6, 6.07) is 14.1. The molecule has 186 valence electrons. The van der Waals surface area contributed by atoms with Crippen LogP contribution in [0.5, 0.6) is 5.88 Å². The van der Waals surface area contributed by atoms with Crippen molar-refractivity contribution in [3.8, 4) is 5.88 Å². The minimum atomic E-state index is -0.342. The van der Waals surface area contributed by atoms with E-state index in [1.807, 2.05) is 28.0 Å². The van der Waals surface area contributed by atoms with Crippen LogP contribution >= 0.6 is 0 Å². The van der Waals surface area contributed by atoms with Gasteiger partial charge < -0.3 is 19.9 Å². The molecular weight excluding hydrogens is 461 g/mol. The number of benzene rings is 2. The molecule has 1 N–H and O–H groups in total. The molecule has 2 aliphatic heterocycles. The van der Waals surface area contributed by atoms with Gasteiger partial charge >= 0.3 is 0 Å². The summed E-state index contributed by atoms with van der Waals surface area (Å²) in [4.78, 5) is 37.7. The molecule has 0 unspecified atom stereocenters. The van der Waals surface area contributed by atoms with Crippen molar-refractivity contribution in [2.75, 3.05) is 31.1 Å². The average Bonchev–Trinajstić information content (AvgIpc) is 3.52. The highest BCUT2D eigenvalue weighted by atomic mass is 19.1. The zero-order chi connectivity index (χ0) is 24.9. The molecule has 9 heteroatoms. The number of likely N-dealkylation sites (tertiary alicyclic amines) is 1. The lowest BCUT2D eigenvalue weighted by Gasteiger charge is -2.19. The second-order valence-electron chi connectivity index (χ2n) is 8.93. The van der Waals surface area contributed by atoms with Gasteiger partial charge in [-0.05, 0) is 48.6 Å². The summed E-state index contributed by atoms with van der Waals surface area (Å²) >= 11 is 0. The van der Waals surface area contributed by atoms with Gasteiger partial charge in [-0.25, -0.2) is 9.37 Å². The number of halogens is 1. The van der Waals surface area contributed by atoms with Crippen molar-refractivity contribution in [2.24, 2.45) is 0 Å². The van der Waals surface area contributed by atoms with Gasteiger partial charge in [0, 0.05) is 44.5 Å². The van der Waals surface area contributed by atoms with Crippen molar-refractivity contribution in [1.82, 2.24) is 20.2 Å².